The van der Waals surface area contributed by atoms with E-state index in [-0.39, 0.29) is 6.61 Å². The fourth-order valence-corrected chi connectivity index (χ4v) is 1.83. The number of amides is 1. The van der Waals surface area contributed by atoms with Gasteiger partial charge in [0, 0.05) is 11.1 Å². The van der Waals surface area contributed by atoms with Gasteiger partial charge >= 0.3 is 0 Å². The van der Waals surface area contributed by atoms with Crippen molar-refractivity contribution in [3.8, 4) is 5.75 Å². The zero-order chi connectivity index (χ0) is 14.5. The Labute approximate surface area is 120 Å². The summed E-state index contributed by atoms with van der Waals surface area (Å²) < 4.78 is 18.4. The lowest BCUT2D eigenvalue weighted by atomic mass is 10.2. The molecule has 0 bridgehead atoms. The van der Waals surface area contributed by atoms with Crippen molar-refractivity contribution in [2.75, 3.05) is 0 Å². The molecule has 20 heavy (non-hydrogen) atoms. The van der Waals surface area contributed by atoms with Gasteiger partial charge in [0.1, 0.15) is 18.2 Å². The van der Waals surface area contributed by atoms with Gasteiger partial charge in [-0.05, 0) is 30.3 Å². The van der Waals surface area contributed by atoms with Crippen LogP contribution in [0.15, 0.2) is 42.5 Å². The van der Waals surface area contributed by atoms with Crippen LogP contribution in [0, 0.1) is 5.82 Å². The Morgan fingerprint density at radius 3 is 2.80 bits per heavy atom. The molecule has 0 aliphatic rings. The van der Waals surface area contributed by atoms with Crippen LogP contribution in [-0.2, 0) is 6.61 Å². The van der Waals surface area contributed by atoms with Gasteiger partial charge in [0.25, 0.3) is 5.91 Å². The van der Waals surface area contributed by atoms with Crippen molar-refractivity contribution in [3.05, 3.63) is 64.4 Å². The highest BCUT2D eigenvalue weighted by molar-refractivity contribution is 6.31. The number of nitrogens with one attached hydrogen (secondary N) is 1. The van der Waals surface area contributed by atoms with Crippen molar-refractivity contribution in [1.29, 1.82) is 0 Å². The maximum Gasteiger partial charge on any atom is 0.265 e. The van der Waals surface area contributed by atoms with Gasteiger partial charge in [-0.15, -0.1) is 0 Å². The fraction of sp³-hybridized carbons (Fsp3) is 0.0714. The Balaban J connectivity index is 2.09. The number of carbonyl (C=O) groups excluding carboxylic acids is 1. The highest BCUT2D eigenvalue weighted by Gasteiger charge is 2.06. The van der Waals surface area contributed by atoms with E-state index in [0.29, 0.717) is 21.9 Å². The Morgan fingerprint density at radius 1 is 1.30 bits per heavy atom. The van der Waals surface area contributed by atoms with E-state index in [1.165, 1.54) is 12.1 Å². The lowest BCUT2D eigenvalue weighted by Crippen LogP contribution is -2.29. The summed E-state index contributed by atoms with van der Waals surface area (Å²) in [6.45, 7) is 0.173. The molecule has 2 rings (SSSR count). The van der Waals surface area contributed by atoms with Crippen LogP contribution in [0.2, 0.25) is 5.02 Å². The van der Waals surface area contributed by atoms with E-state index in [0.717, 1.165) is 0 Å². The maximum absolute atomic E-state index is 12.9. The summed E-state index contributed by atoms with van der Waals surface area (Å²) >= 11 is 5.90. The van der Waals surface area contributed by atoms with Crippen molar-refractivity contribution in [3.63, 3.8) is 0 Å². The summed E-state index contributed by atoms with van der Waals surface area (Å²) in [6, 6.07) is 10.6. The summed E-state index contributed by atoms with van der Waals surface area (Å²) in [6.07, 6.45) is 0. The summed E-state index contributed by atoms with van der Waals surface area (Å²) in [7, 11) is 0. The molecule has 1 amide bonds. The van der Waals surface area contributed by atoms with Crippen LogP contribution in [0.4, 0.5) is 4.39 Å². The van der Waals surface area contributed by atoms with E-state index in [2.05, 4.69) is 0 Å². The molecule has 0 unspecified atom stereocenters. The first-order valence-corrected chi connectivity index (χ1v) is 6.15. The summed E-state index contributed by atoms with van der Waals surface area (Å²) in [5.41, 5.74) is 3.08. The molecule has 3 N–H and O–H groups in total. The van der Waals surface area contributed by atoms with Crippen LogP contribution in [0.5, 0.6) is 5.75 Å². The van der Waals surface area contributed by atoms with Gasteiger partial charge in [-0.3, -0.25) is 10.2 Å². The number of hydrogen-bond acceptors (Lipinski definition) is 3. The Hall–Kier alpha value is -2.11. The van der Waals surface area contributed by atoms with E-state index in [4.69, 9.17) is 22.2 Å². The minimum Gasteiger partial charge on any atom is -0.489 e. The van der Waals surface area contributed by atoms with Gasteiger partial charge in [-0.2, -0.15) is 0 Å². The lowest BCUT2D eigenvalue weighted by molar-refractivity contribution is 0.0953. The van der Waals surface area contributed by atoms with Crippen molar-refractivity contribution < 1.29 is 13.9 Å². The number of halogens is 2. The molecule has 104 valence electrons. The SMILES string of the molecule is NNC(=O)c1cccc(OCc2ccc(F)cc2Cl)c1. The topological polar surface area (TPSA) is 64.3 Å². The van der Waals surface area contributed by atoms with Crippen LogP contribution in [0.1, 0.15) is 15.9 Å². The Bertz CT molecular complexity index is 634. The fourth-order valence-electron chi connectivity index (χ4n) is 1.61. The van der Waals surface area contributed by atoms with Gasteiger partial charge in [-0.1, -0.05) is 23.7 Å². The molecule has 0 aromatic heterocycles. The quantitative estimate of drug-likeness (QED) is 0.518. The average Bonchev–Trinajstić information content (AvgIpc) is 2.46. The molecule has 0 aliphatic carbocycles. The number of hydrazine groups is 1. The third-order valence-electron chi connectivity index (χ3n) is 2.64. The van der Waals surface area contributed by atoms with E-state index in [9.17, 15) is 9.18 Å². The zero-order valence-electron chi connectivity index (χ0n) is 10.4. The van der Waals surface area contributed by atoms with Crippen LogP contribution >= 0.6 is 11.6 Å². The molecular formula is C14H12ClFN2O2. The van der Waals surface area contributed by atoms with E-state index < -0.39 is 11.7 Å². The van der Waals surface area contributed by atoms with Crippen LogP contribution in [0.25, 0.3) is 0 Å². The second-order valence-corrected chi connectivity index (χ2v) is 4.43. The van der Waals surface area contributed by atoms with E-state index in [1.54, 1.807) is 30.3 Å². The second kappa shape index (κ2) is 6.36. The van der Waals surface area contributed by atoms with Crippen molar-refractivity contribution in [1.82, 2.24) is 5.43 Å². The minimum absolute atomic E-state index is 0.173. The number of nitrogens with two attached hydrogens (primary N) is 1. The standard InChI is InChI=1S/C14H12ClFN2O2/c15-13-7-11(16)5-4-10(13)8-20-12-3-1-2-9(6-12)14(19)18-17/h1-7H,8,17H2,(H,18,19). The molecule has 2 aromatic carbocycles. The molecular weight excluding hydrogens is 283 g/mol. The molecule has 0 atom stereocenters. The van der Waals surface area contributed by atoms with Crippen molar-refractivity contribution in [2.45, 2.75) is 6.61 Å². The predicted octanol–water partition coefficient (Wildman–Crippen LogP) is 2.66. The van der Waals surface area contributed by atoms with E-state index in [1.807, 2.05) is 5.43 Å². The first kappa shape index (κ1) is 14.3. The molecule has 2 aromatic rings. The molecule has 0 aliphatic heterocycles. The predicted molar refractivity (Wildman–Crippen MR) is 73.8 cm³/mol. The van der Waals surface area contributed by atoms with Crippen molar-refractivity contribution >= 4 is 17.5 Å². The largest absolute Gasteiger partial charge is 0.489 e. The molecule has 0 radical (unpaired) electrons. The van der Waals surface area contributed by atoms with Gasteiger partial charge in [0.15, 0.2) is 0 Å². The molecule has 6 heteroatoms. The number of hydrogen-bond donors (Lipinski definition) is 2. The molecule has 0 heterocycles. The van der Waals surface area contributed by atoms with Crippen LogP contribution in [0.3, 0.4) is 0 Å². The zero-order valence-corrected chi connectivity index (χ0v) is 11.2. The molecule has 0 saturated heterocycles. The first-order valence-electron chi connectivity index (χ1n) is 5.78. The van der Waals surface area contributed by atoms with Gasteiger partial charge in [-0.25, -0.2) is 10.2 Å². The summed E-state index contributed by atoms with van der Waals surface area (Å²) in [5.74, 6) is 4.74. The first-order chi connectivity index (χ1) is 9.60. The average molecular weight is 295 g/mol. The van der Waals surface area contributed by atoms with Crippen molar-refractivity contribution in [2.24, 2.45) is 5.84 Å². The third kappa shape index (κ3) is 3.46. The highest BCUT2D eigenvalue weighted by atomic mass is 35.5. The number of nitrogen functional groups attached to an aromatic ring is 1. The van der Waals surface area contributed by atoms with Gasteiger partial charge in [0.05, 0.1) is 5.02 Å². The molecule has 0 spiro atoms. The van der Waals surface area contributed by atoms with Crippen LogP contribution < -0.4 is 16.0 Å². The number of rotatable bonds is 4. The van der Waals surface area contributed by atoms with Gasteiger partial charge < -0.3 is 4.74 Å². The lowest BCUT2D eigenvalue weighted by Gasteiger charge is -2.09. The van der Waals surface area contributed by atoms with Gasteiger partial charge in [0.2, 0.25) is 0 Å². The maximum atomic E-state index is 12.9. The summed E-state index contributed by atoms with van der Waals surface area (Å²) in [4.78, 5) is 11.4. The van der Waals surface area contributed by atoms with Crippen LogP contribution in [-0.4, -0.2) is 5.91 Å². The smallest absolute Gasteiger partial charge is 0.265 e. The number of benzene rings is 2. The monoisotopic (exact) mass is 294 g/mol. The number of ether oxygens (including phenoxy) is 1. The third-order valence-corrected chi connectivity index (χ3v) is 2.99. The Kier molecular flexibility index (Phi) is 4.55. The number of carbonyl (C=O) groups is 1. The molecule has 0 saturated carbocycles. The minimum atomic E-state index is -0.407. The molecule has 0 fully saturated rings. The highest BCUT2D eigenvalue weighted by Crippen LogP contribution is 2.20. The molecule has 4 nitrogen and oxygen atoms in total. The summed E-state index contributed by atoms with van der Waals surface area (Å²) in [5, 5.41) is 0.292. The normalized spacial score (nSPS) is 10.2. The Morgan fingerprint density at radius 2 is 2.10 bits per heavy atom. The second-order valence-electron chi connectivity index (χ2n) is 4.03. The van der Waals surface area contributed by atoms with E-state index >= 15 is 0 Å².